The van der Waals surface area contributed by atoms with Crippen LogP contribution in [0.2, 0.25) is 5.02 Å². The fourth-order valence-electron chi connectivity index (χ4n) is 3.21. The van der Waals surface area contributed by atoms with Crippen LogP contribution in [-0.2, 0) is 11.2 Å². The fraction of sp³-hybridized carbons (Fsp3) is 0.444. The molecule has 1 aliphatic rings. The SMILES string of the molecule is CC1CCN(C(=O)Cc2csc(-c3ccccc3Cl)n2)C(CN)C1. The molecule has 2 aromatic rings. The van der Waals surface area contributed by atoms with E-state index in [0.717, 1.165) is 35.7 Å². The lowest BCUT2D eigenvalue weighted by atomic mass is 9.92. The molecule has 128 valence electrons. The van der Waals surface area contributed by atoms with Crippen LogP contribution in [0.1, 0.15) is 25.5 Å². The van der Waals surface area contributed by atoms with Gasteiger partial charge in [0.25, 0.3) is 0 Å². The van der Waals surface area contributed by atoms with E-state index in [1.807, 2.05) is 34.5 Å². The molecule has 0 aliphatic carbocycles. The highest BCUT2D eigenvalue weighted by Crippen LogP contribution is 2.30. The number of hydrogen-bond donors (Lipinski definition) is 1. The maximum absolute atomic E-state index is 12.7. The van der Waals surface area contributed by atoms with Gasteiger partial charge in [0.1, 0.15) is 5.01 Å². The summed E-state index contributed by atoms with van der Waals surface area (Å²) in [5.41, 5.74) is 7.57. The highest BCUT2D eigenvalue weighted by molar-refractivity contribution is 7.13. The first-order valence-corrected chi connectivity index (χ1v) is 9.53. The zero-order valence-electron chi connectivity index (χ0n) is 13.7. The number of piperidine rings is 1. The van der Waals surface area contributed by atoms with Gasteiger partial charge in [-0.15, -0.1) is 11.3 Å². The summed E-state index contributed by atoms with van der Waals surface area (Å²) in [6, 6.07) is 7.79. The minimum atomic E-state index is 0.119. The van der Waals surface area contributed by atoms with Crippen LogP contribution in [0.5, 0.6) is 0 Å². The van der Waals surface area contributed by atoms with Crippen LogP contribution in [0.25, 0.3) is 10.6 Å². The number of halogens is 1. The summed E-state index contributed by atoms with van der Waals surface area (Å²) in [5.74, 6) is 0.752. The lowest BCUT2D eigenvalue weighted by Gasteiger charge is -2.38. The van der Waals surface area contributed by atoms with E-state index in [0.29, 0.717) is 23.9 Å². The zero-order chi connectivity index (χ0) is 17.1. The number of hydrogen-bond acceptors (Lipinski definition) is 4. The Balaban J connectivity index is 1.70. The van der Waals surface area contributed by atoms with Gasteiger partial charge in [0.05, 0.1) is 17.1 Å². The molecule has 1 saturated heterocycles. The van der Waals surface area contributed by atoms with Crippen LogP contribution >= 0.6 is 22.9 Å². The zero-order valence-corrected chi connectivity index (χ0v) is 15.3. The average Bonchev–Trinajstić information content (AvgIpc) is 3.03. The molecule has 0 spiro atoms. The molecule has 2 unspecified atom stereocenters. The number of rotatable bonds is 4. The third-order valence-electron chi connectivity index (χ3n) is 4.56. The van der Waals surface area contributed by atoms with Crippen LogP contribution in [-0.4, -0.2) is 34.9 Å². The van der Waals surface area contributed by atoms with Crippen LogP contribution in [0.15, 0.2) is 29.6 Å². The molecule has 1 aromatic carbocycles. The maximum atomic E-state index is 12.7. The first-order valence-electron chi connectivity index (χ1n) is 8.27. The van der Waals surface area contributed by atoms with E-state index in [-0.39, 0.29) is 11.9 Å². The Hall–Kier alpha value is -1.43. The van der Waals surface area contributed by atoms with E-state index >= 15 is 0 Å². The van der Waals surface area contributed by atoms with Crippen molar-refractivity contribution in [3.63, 3.8) is 0 Å². The fourth-order valence-corrected chi connectivity index (χ4v) is 4.35. The van der Waals surface area contributed by atoms with E-state index < -0.39 is 0 Å². The van der Waals surface area contributed by atoms with Crippen molar-refractivity contribution in [3.8, 4) is 10.6 Å². The van der Waals surface area contributed by atoms with Gasteiger partial charge in [0.15, 0.2) is 0 Å². The molecule has 2 N–H and O–H groups in total. The molecular weight excluding hydrogens is 342 g/mol. The molecule has 24 heavy (non-hydrogen) atoms. The molecule has 0 radical (unpaired) electrons. The van der Waals surface area contributed by atoms with Gasteiger partial charge in [-0.1, -0.05) is 36.7 Å². The van der Waals surface area contributed by atoms with E-state index in [2.05, 4.69) is 11.9 Å². The van der Waals surface area contributed by atoms with Crippen molar-refractivity contribution in [3.05, 3.63) is 40.4 Å². The van der Waals surface area contributed by atoms with Crippen molar-refractivity contribution in [2.75, 3.05) is 13.1 Å². The van der Waals surface area contributed by atoms with E-state index in [4.69, 9.17) is 17.3 Å². The summed E-state index contributed by atoms with van der Waals surface area (Å²) in [6.45, 7) is 3.54. The summed E-state index contributed by atoms with van der Waals surface area (Å²) in [4.78, 5) is 19.2. The second-order valence-electron chi connectivity index (χ2n) is 6.41. The van der Waals surface area contributed by atoms with Gasteiger partial charge in [-0.05, 0) is 24.8 Å². The van der Waals surface area contributed by atoms with Gasteiger partial charge < -0.3 is 10.6 Å². The second-order valence-corrected chi connectivity index (χ2v) is 7.67. The summed E-state index contributed by atoms with van der Waals surface area (Å²) in [6.07, 6.45) is 2.36. The van der Waals surface area contributed by atoms with Crippen molar-refractivity contribution < 1.29 is 4.79 Å². The van der Waals surface area contributed by atoms with Crippen molar-refractivity contribution >= 4 is 28.8 Å². The monoisotopic (exact) mass is 363 g/mol. The highest BCUT2D eigenvalue weighted by atomic mass is 35.5. The van der Waals surface area contributed by atoms with Crippen LogP contribution in [0.4, 0.5) is 0 Å². The minimum absolute atomic E-state index is 0.119. The Bertz CT molecular complexity index is 718. The molecule has 6 heteroatoms. The number of nitrogens with zero attached hydrogens (tertiary/aromatic N) is 2. The highest BCUT2D eigenvalue weighted by Gasteiger charge is 2.29. The number of nitrogens with two attached hydrogens (primary N) is 1. The van der Waals surface area contributed by atoms with E-state index in [9.17, 15) is 4.79 Å². The summed E-state index contributed by atoms with van der Waals surface area (Å²) >= 11 is 7.75. The van der Waals surface area contributed by atoms with Crippen LogP contribution in [0, 0.1) is 5.92 Å². The van der Waals surface area contributed by atoms with Gasteiger partial charge in [0, 0.05) is 30.1 Å². The number of likely N-dealkylation sites (tertiary alicyclic amines) is 1. The van der Waals surface area contributed by atoms with Gasteiger partial charge in [-0.3, -0.25) is 4.79 Å². The molecule has 1 aromatic heterocycles. The Morgan fingerprint density at radius 2 is 2.25 bits per heavy atom. The van der Waals surface area contributed by atoms with Crippen LogP contribution < -0.4 is 5.73 Å². The van der Waals surface area contributed by atoms with Crippen molar-refractivity contribution in [1.82, 2.24) is 9.88 Å². The topological polar surface area (TPSA) is 59.2 Å². The normalized spacial score (nSPS) is 21.0. The lowest BCUT2D eigenvalue weighted by molar-refractivity contribution is -0.134. The van der Waals surface area contributed by atoms with E-state index in [1.165, 1.54) is 11.3 Å². The quantitative estimate of drug-likeness (QED) is 0.902. The molecule has 4 nitrogen and oxygen atoms in total. The molecule has 0 bridgehead atoms. The first-order chi connectivity index (χ1) is 11.6. The van der Waals surface area contributed by atoms with Gasteiger partial charge in [0.2, 0.25) is 5.91 Å². The third-order valence-corrected chi connectivity index (χ3v) is 5.81. The molecule has 1 amide bonds. The summed E-state index contributed by atoms with van der Waals surface area (Å²) in [7, 11) is 0. The van der Waals surface area contributed by atoms with Gasteiger partial charge >= 0.3 is 0 Å². The summed E-state index contributed by atoms with van der Waals surface area (Å²) < 4.78 is 0. The first kappa shape index (κ1) is 17.4. The molecule has 2 heterocycles. The molecule has 0 saturated carbocycles. The van der Waals surface area contributed by atoms with Crippen molar-refractivity contribution in [1.29, 1.82) is 0 Å². The molecule has 3 rings (SSSR count). The van der Waals surface area contributed by atoms with E-state index in [1.54, 1.807) is 0 Å². The standard InChI is InChI=1S/C18H22ClN3OS/c1-12-6-7-22(14(8-12)10-20)17(23)9-13-11-24-18(21-13)15-4-2-3-5-16(15)19/h2-5,11-12,14H,6-10,20H2,1H3. The summed E-state index contributed by atoms with van der Waals surface area (Å²) in [5, 5.41) is 3.48. The Morgan fingerprint density at radius 1 is 1.46 bits per heavy atom. The maximum Gasteiger partial charge on any atom is 0.228 e. The predicted octanol–water partition coefficient (Wildman–Crippen LogP) is 3.59. The second kappa shape index (κ2) is 7.64. The van der Waals surface area contributed by atoms with Gasteiger partial charge in [-0.25, -0.2) is 4.98 Å². The Kier molecular flexibility index (Phi) is 5.54. The van der Waals surface area contributed by atoms with Crippen molar-refractivity contribution in [2.24, 2.45) is 11.7 Å². The largest absolute Gasteiger partial charge is 0.338 e. The molecular formula is C18H22ClN3OS. The number of thiazole rings is 1. The number of aromatic nitrogens is 1. The van der Waals surface area contributed by atoms with Crippen LogP contribution in [0.3, 0.4) is 0 Å². The number of carbonyl (C=O) groups is 1. The molecule has 1 aliphatic heterocycles. The smallest absolute Gasteiger partial charge is 0.228 e. The number of benzene rings is 1. The third kappa shape index (κ3) is 3.79. The predicted molar refractivity (Wildman–Crippen MR) is 99.2 cm³/mol. The van der Waals surface area contributed by atoms with Crippen molar-refractivity contribution in [2.45, 2.75) is 32.2 Å². The average molecular weight is 364 g/mol. The Morgan fingerprint density at radius 3 is 3.00 bits per heavy atom. The van der Waals surface area contributed by atoms with Gasteiger partial charge in [-0.2, -0.15) is 0 Å². The minimum Gasteiger partial charge on any atom is -0.338 e. The number of amides is 1. The number of carbonyl (C=O) groups excluding carboxylic acids is 1. The molecule has 1 fully saturated rings. The molecule has 2 atom stereocenters. The Labute approximate surface area is 151 Å². The lowest BCUT2D eigenvalue weighted by Crippen LogP contribution is -2.49.